The number of carbonyl (C=O) groups is 1. The highest BCUT2D eigenvalue weighted by molar-refractivity contribution is 6.00. The first kappa shape index (κ1) is 20.1. The van der Waals surface area contributed by atoms with Crippen molar-refractivity contribution in [2.24, 2.45) is 5.92 Å². The minimum absolute atomic E-state index is 0. The number of piperidine rings is 1. The van der Waals surface area contributed by atoms with Crippen LogP contribution in [0.3, 0.4) is 0 Å². The zero-order valence-corrected chi connectivity index (χ0v) is 15.8. The fourth-order valence-corrected chi connectivity index (χ4v) is 3.05. The van der Waals surface area contributed by atoms with Crippen LogP contribution in [0.2, 0.25) is 0 Å². The highest BCUT2D eigenvalue weighted by atomic mass is 35.5. The van der Waals surface area contributed by atoms with Crippen molar-refractivity contribution in [2.75, 3.05) is 32.1 Å². The number of nitrogens with one attached hydrogen (secondary N) is 3. The summed E-state index contributed by atoms with van der Waals surface area (Å²) in [5, 5.41) is 9.77. The number of rotatable bonds is 6. The SMILES string of the molecule is COc1ccc(Nc2ccccc2C(=O)NCC2CCCNC2)cc1.Cl. The number of hydrogen-bond donors (Lipinski definition) is 3. The van der Waals surface area contributed by atoms with Crippen molar-refractivity contribution in [3.63, 3.8) is 0 Å². The molecule has 1 atom stereocenters. The first-order valence-corrected chi connectivity index (χ1v) is 8.75. The van der Waals surface area contributed by atoms with Crippen LogP contribution in [0.4, 0.5) is 11.4 Å². The van der Waals surface area contributed by atoms with E-state index < -0.39 is 0 Å². The average Bonchev–Trinajstić information content (AvgIpc) is 2.68. The summed E-state index contributed by atoms with van der Waals surface area (Å²) in [6, 6.07) is 15.2. The first-order valence-electron chi connectivity index (χ1n) is 8.75. The molecule has 0 radical (unpaired) electrons. The summed E-state index contributed by atoms with van der Waals surface area (Å²) in [6.07, 6.45) is 2.34. The molecule has 2 aromatic rings. The minimum atomic E-state index is -0.0396. The normalized spacial score (nSPS) is 16.3. The van der Waals surface area contributed by atoms with Crippen molar-refractivity contribution < 1.29 is 9.53 Å². The van der Waals surface area contributed by atoms with Crippen molar-refractivity contribution in [3.8, 4) is 5.75 Å². The molecule has 1 aliphatic heterocycles. The molecule has 1 saturated heterocycles. The van der Waals surface area contributed by atoms with Crippen LogP contribution in [-0.4, -0.2) is 32.7 Å². The van der Waals surface area contributed by atoms with Crippen LogP contribution in [0.1, 0.15) is 23.2 Å². The molecule has 1 amide bonds. The maximum absolute atomic E-state index is 12.6. The second-order valence-corrected chi connectivity index (χ2v) is 6.32. The van der Waals surface area contributed by atoms with Crippen molar-refractivity contribution in [3.05, 3.63) is 54.1 Å². The summed E-state index contributed by atoms with van der Waals surface area (Å²) >= 11 is 0. The third-order valence-corrected chi connectivity index (χ3v) is 4.49. The monoisotopic (exact) mass is 375 g/mol. The van der Waals surface area contributed by atoms with E-state index in [9.17, 15) is 4.79 Å². The van der Waals surface area contributed by atoms with Crippen LogP contribution in [0.5, 0.6) is 5.75 Å². The van der Waals surface area contributed by atoms with E-state index in [4.69, 9.17) is 4.74 Å². The number of halogens is 1. The average molecular weight is 376 g/mol. The molecule has 1 unspecified atom stereocenters. The Morgan fingerprint density at radius 1 is 1.19 bits per heavy atom. The number of hydrogen-bond acceptors (Lipinski definition) is 4. The highest BCUT2D eigenvalue weighted by Crippen LogP contribution is 2.23. The van der Waals surface area contributed by atoms with Gasteiger partial charge in [0, 0.05) is 12.2 Å². The molecule has 0 saturated carbocycles. The van der Waals surface area contributed by atoms with Gasteiger partial charge in [-0.3, -0.25) is 4.79 Å². The molecule has 0 spiro atoms. The van der Waals surface area contributed by atoms with Gasteiger partial charge in [0.15, 0.2) is 0 Å². The summed E-state index contributed by atoms with van der Waals surface area (Å²) in [5.74, 6) is 1.28. The zero-order valence-electron chi connectivity index (χ0n) is 15.0. The summed E-state index contributed by atoms with van der Waals surface area (Å²) in [5.41, 5.74) is 2.37. The molecule has 1 aliphatic rings. The molecular weight excluding hydrogens is 350 g/mol. The number of ether oxygens (including phenoxy) is 1. The molecule has 6 heteroatoms. The lowest BCUT2D eigenvalue weighted by molar-refractivity contribution is 0.0945. The van der Waals surface area contributed by atoms with E-state index in [1.165, 1.54) is 12.8 Å². The Morgan fingerprint density at radius 2 is 1.96 bits per heavy atom. The molecule has 2 aromatic carbocycles. The molecule has 0 bridgehead atoms. The second kappa shape index (κ2) is 10.0. The molecule has 1 heterocycles. The first-order chi connectivity index (χ1) is 12.3. The van der Waals surface area contributed by atoms with E-state index >= 15 is 0 Å². The van der Waals surface area contributed by atoms with Crippen LogP contribution in [0, 0.1) is 5.92 Å². The van der Waals surface area contributed by atoms with Gasteiger partial charge in [0.2, 0.25) is 0 Å². The molecule has 1 fully saturated rings. The smallest absolute Gasteiger partial charge is 0.253 e. The number of para-hydroxylation sites is 1. The van der Waals surface area contributed by atoms with E-state index in [2.05, 4.69) is 16.0 Å². The number of methoxy groups -OCH3 is 1. The Hall–Kier alpha value is -2.24. The Kier molecular flexibility index (Phi) is 7.75. The summed E-state index contributed by atoms with van der Waals surface area (Å²) in [7, 11) is 1.64. The summed E-state index contributed by atoms with van der Waals surface area (Å²) in [6.45, 7) is 2.77. The van der Waals surface area contributed by atoms with Crippen LogP contribution in [-0.2, 0) is 0 Å². The van der Waals surface area contributed by atoms with Crippen LogP contribution < -0.4 is 20.7 Å². The van der Waals surface area contributed by atoms with Crippen LogP contribution in [0.15, 0.2) is 48.5 Å². The second-order valence-electron chi connectivity index (χ2n) is 6.32. The molecule has 0 aliphatic carbocycles. The fourth-order valence-electron chi connectivity index (χ4n) is 3.05. The quantitative estimate of drug-likeness (QED) is 0.722. The molecule has 0 aromatic heterocycles. The van der Waals surface area contributed by atoms with Gasteiger partial charge >= 0.3 is 0 Å². The number of carbonyl (C=O) groups excluding carboxylic acids is 1. The van der Waals surface area contributed by atoms with Crippen LogP contribution in [0.25, 0.3) is 0 Å². The maximum atomic E-state index is 12.6. The predicted molar refractivity (Wildman–Crippen MR) is 108 cm³/mol. The Morgan fingerprint density at radius 3 is 2.65 bits per heavy atom. The Balaban J connectivity index is 0.00000243. The molecule has 140 valence electrons. The molecule has 3 rings (SSSR count). The molecule has 3 N–H and O–H groups in total. The summed E-state index contributed by atoms with van der Waals surface area (Å²) < 4.78 is 5.17. The molecule has 5 nitrogen and oxygen atoms in total. The van der Waals surface area contributed by atoms with Gasteiger partial charge in [-0.2, -0.15) is 0 Å². The van der Waals surface area contributed by atoms with Gasteiger partial charge in [0.05, 0.1) is 18.4 Å². The van der Waals surface area contributed by atoms with Gasteiger partial charge in [-0.25, -0.2) is 0 Å². The maximum Gasteiger partial charge on any atom is 0.253 e. The van der Waals surface area contributed by atoms with Gasteiger partial charge in [-0.15, -0.1) is 12.4 Å². The number of amides is 1. The van der Waals surface area contributed by atoms with E-state index in [1.54, 1.807) is 7.11 Å². The van der Waals surface area contributed by atoms with E-state index in [0.29, 0.717) is 18.0 Å². The minimum Gasteiger partial charge on any atom is -0.497 e. The van der Waals surface area contributed by atoms with Gasteiger partial charge in [0.1, 0.15) is 5.75 Å². The third-order valence-electron chi connectivity index (χ3n) is 4.49. The Bertz CT molecular complexity index is 700. The Labute approximate surface area is 160 Å². The van der Waals surface area contributed by atoms with E-state index in [1.807, 2.05) is 48.5 Å². The largest absolute Gasteiger partial charge is 0.497 e. The topological polar surface area (TPSA) is 62.4 Å². The third kappa shape index (κ3) is 5.38. The highest BCUT2D eigenvalue weighted by Gasteiger charge is 2.16. The lowest BCUT2D eigenvalue weighted by Crippen LogP contribution is -2.38. The van der Waals surface area contributed by atoms with Gasteiger partial charge in [0.25, 0.3) is 5.91 Å². The van der Waals surface area contributed by atoms with Crippen molar-refractivity contribution in [1.82, 2.24) is 10.6 Å². The fraction of sp³-hybridized carbons (Fsp3) is 0.350. The van der Waals surface area contributed by atoms with Crippen molar-refractivity contribution in [2.45, 2.75) is 12.8 Å². The molecule has 26 heavy (non-hydrogen) atoms. The lowest BCUT2D eigenvalue weighted by Gasteiger charge is -2.23. The van der Waals surface area contributed by atoms with Crippen molar-refractivity contribution in [1.29, 1.82) is 0 Å². The van der Waals surface area contributed by atoms with Gasteiger partial charge in [-0.05, 0) is 68.2 Å². The van der Waals surface area contributed by atoms with E-state index in [-0.39, 0.29) is 18.3 Å². The summed E-state index contributed by atoms with van der Waals surface area (Å²) in [4.78, 5) is 12.6. The lowest BCUT2D eigenvalue weighted by atomic mass is 9.99. The molecular formula is C20H26ClN3O2. The van der Waals surface area contributed by atoms with Crippen LogP contribution >= 0.6 is 12.4 Å². The number of anilines is 2. The van der Waals surface area contributed by atoms with Gasteiger partial charge in [-0.1, -0.05) is 12.1 Å². The predicted octanol–water partition coefficient (Wildman–Crippen LogP) is 3.59. The number of benzene rings is 2. The van der Waals surface area contributed by atoms with Gasteiger partial charge < -0.3 is 20.7 Å². The zero-order chi connectivity index (χ0) is 17.5. The van der Waals surface area contributed by atoms with E-state index in [0.717, 1.165) is 30.2 Å². The van der Waals surface area contributed by atoms with Crippen molar-refractivity contribution >= 4 is 29.7 Å². The standard InChI is InChI=1S/C20H25N3O2.ClH/c1-25-17-10-8-16(9-11-17)23-19-7-3-2-6-18(19)20(24)22-14-15-5-4-12-21-13-15;/h2-3,6-11,15,21,23H,4-5,12-14H2,1H3,(H,22,24);1H.